The summed E-state index contributed by atoms with van der Waals surface area (Å²) in [5.74, 6) is 2.16. The van der Waals surface area contributed by atoms with Crippen molar-refractivity contribution in [2.24, 2.45) is 0 Å². The molecule has 2 aromatic carbocycles. The van der Waals surface area contributed by atoms with Crippen LogP contribution in [-0.4, -0.2) is 40.7 Å². The Morgan fingerprint density at radius 2 is 1.87 bits per heavy atom. The Morgan fingerprint density at radius 3 is 2.53 bits per heavy atom. The van der Waals surface area contributed by atoms with Crippen LogP contribution in [0.2, 0.25) is 0 Å². The smallest absolute Gasteiger partial charge is 0.261 e. The molecule has 0 saturated carbocycles. The number of hydrogen-bond acceptors (Lipinski definition) is 6. The molecule has 30 heavy (non-hydrogen) atoms. The normalized spacial score (nSPS) is 10.9. The number of benzene rings is 2. The van der Waals surface area contributed by atoms with E-state index in [2.05, 4.69) is 10.1 Å². The molecule has 0 aliphatic heterocycles. The summed E-state index contributed by atoms with van der Waals surface area (Å²) in [6.07, 6.45) is 0. The Labute approximate surface area is 176 Å². The highest BCUT2D eigenvalue weighted by Gasteiger charge is 2.21. The lowest BCUT2D eigenvalue weighted by molar-refractivity contribution is -0.136. The topological polar surface area (TPSA) is 77.7 Å². The minimum absolute atomic E-state index is 0.0453. The highest BCUT2D eigenvalue weighted by atomic mass is 16.5. The Hall–Kier alpha value is -3.35. The molecule has 0 fully saturated rings. The molecule has 3 aromatic rings. The molecular formula is C23H27N3O4. The Kier molecular flexibility index (Phi) is 6.72. The summed E-state index contributed by atoms with van der Waals surface area (Å²) in [5, 5.41) is 4.03. The van der Waals surface area contributed by atoms with Crippen LogP contribution in [-0.2, 0) is 11.3 Å². The van der Waals surface area contributed by atoms with Gasteiger partial charge in [-0.25, -0.2) is 0 Å². The number of carbonyl (C=O) groups is 1. The fourth-order valence-corrected chi connectivity index (χ4v) is 2.97. The van der Waals surface area contributed by atoms with E-state index in [4.69, 9.17) is 14.0 Å². The highest BCUT2D eigenvalue weighted by Crippen LogP contribution is 2.21. The third-order valence-electron chi connectivity index (χ3n) is 4.76. The standard InChI is InChI=1S/C23H27N3O4/c1-15(2)26(22(27)14-29-20-12-16(3)6-7-17(20)4)13-21-24-23(25-30-21)18-8-10-19(28-5)11-9-18/h6-12,15H,13-14H2,1-5H3. The second-order valence-corrected chi connectivity index (χ2v) is 7.41. The van der Waals surface area contributed by atoms with E-state index in [1.165, 1.54) is 0 Å². The molecule has 0 unspecified atom stereocenters. The first-order chi connectivity index (χ1) is 14.4. The lowest BCUT2D eigenvalue weighted by Gasteiger charge is -2.25. The third kappa shape index (κ3) is 5.17. The predicted octanol–water partition coefficient (Wildman–Crippen LogP) is 4.18. The van der Waals surface area contributed by atoms with Gasteiger partial charge in [0.1, 0.15) is 18.0 Å². The van der Waals surface area contributed by atoms with E-state index in [1.807, 2.05) is 70.2 Å². The van der Waals surface area contributed by atoms with Crippen molar-refractivity contribution in [3.05, 3.63) is 59.5 Å². The maximum atomic E-state index is 12.8. The maximum Gasteiger partial charge on any atom is 0.261 e. The molecule has 0 atom stereocenters. The Morgan fingerprint density at radius 1 is 1.13 bits per heavy atom. The van der Waals surface area contributed by atoms with Crippen LogP contribution in [0.25, 0.3) is 11.4 Å². The van der Waals surface area contributed by atoms with E-state index in [0.717, 1.165) is 22.4 Å². The van der Waals surface area contributed by atoms with Crippen molar-refractivity contribution in [3.63, 3.8) is 0 Å². The van der Waals surface area contributed by atoms with Crippen LogP contribution in [0.4, 0.5) is 0 Å². The molecule has 1 heterocycles. The molecule has 158 valence electrons. The van der Waals surface area contributed by atoms with Gasteiger partial charge < -0.3 is 18.9 Å². The summed E-state index contributed by atoms with van der Waals surface area (Å²) in [6.45, 7) is 7.99. The lowest BCUT2D eigenvalue weighted by atomic mass is 10.1. The number of carbonyl (C=O) groups excluding carboxylic acids is 1. The average molecular weight is 409 g/mol. The molecule has 0 aliphatic carbocycles. The van der Waals surface area contributed by atoms with Crippen molar-refractivity contribution >= 4 is 5.91 Å². The number of methoxy groups -OCH3 is 1. The van der Waals surface area contributed by atoms with Gasteiger partial charge in [0, 0.05) is 11.6 Å². The summed E-state index contributed by atoms with van der Waals surface area (Å²) >= 11 is 0. The zero-order chi connectivity index (χ0) is 21.7. The second-order valence-electron chi connectivity index (χ2n) is 7.41. The van der Waals surface area contributed by atoms with E-state index < -0.39 is 0 Å². The molecule has 1 amide bonds. The molecule has 0 aliphatic rings. The number of amides is 1. The van der Waals surface area contributed by atoms with Crippen LogP contribution in [0.3, 0.4) is 0 Å². The summed E-state index contributed by atoms with van der Waals surface area (Å²) < 4.78 is 16.3. The van der Waals surface area contributed by atoms with Gasteiger partial charge >= 0.3 is 0 Å². The van der Waals surface area contributed by atoms with Crippen molar-refractivity contribution in [2.45, 2.75) is 40.3 Å². The summed E-state index contributed by atoms with van der Waals surface area (Å²) in [5.41, 5.74) is 2.89. The van der Waals surface area contributed by atoms with E-state index in [1.54, 1.807) is 12.0 Å². The van der Waals surface area contributed by atoms with Gasteiger partial charge in [-0.2, -0.15) is 4.98 Å². The van der Waals surface area contributed by atoms with Crippen LogP contribution >= 0.6 is 0 Å². The minimum Gasteiger partial charge on any atom is -0.497 e. The predicted molar refractivity (Wildman–Crippen MR) is 113 cm³/mol. The maximum absolute atomic E-state index is 12.8. The van der Waals surface area contributed by atoms with Crippen LogP contribution in [0.15, 0.2) is 47.0 Å². The number of ether oxygens (including phenoxy) is 2. The minimum atomic E-state index is -0.143. The van der Waals surface area contributed by atoms with E-state index >= 15 is 0 Å². The van der Waals surface area contributed by atoms with Gasteiger partial charge in [-0.15, -0.1) is 0 Å². The van der Waals surface area contributed by atoms with Crippen LogP contribution < -0.4 is 9.47 Å². The number of aromatic nitrogens is 2. The molecule has 0 radical (unpaired) electrons. The number of aryl methyl sites for hydroxylation is 2. The van der Waals surface area contributed by atoms with Crippen LogP contribution in [0.1, 0.15) is 30.9 Å². The summed E-state index contributed by atoms with van der Waals surface area (Å²) in [6, 6.07) is 13.3. The number of rotatable bonds is 8. The SMILES string of the molecule is COc1ccc(-c2noc(CN(C(=O)COc3cc(C)ccc3C)C(C)C)n2)cc1. The molecular weight excluding hydrogens is 382 g/mol. The summed E-state index contributed by atoms with van der Waals surface area (Å²) in [4.78, 5) is 18.9. The quantitative estimate of drug-likeness (QED) is 0.555. The van der Waals surface area contributed by atoms with Crippen molar-refractivity contribution in [2.75, 3.05) is 13.7 Å². The fraction of sp³-hybridized carbons (Fsp3) is 0.348. The van der Waals surface area contributed by atoms with Crippen molar-refractivity contribution in [3.8, 4) is 22.9 Å². The molecule has 0 spiro atoms. The van der Waals surface area contributed by atoms with Gasteiger partial charge in [-0.1, -0.05) is 17.3 Å². The molecule has 3 rings (SSSR count). The average Bonchev–Trinajstić information content (AvgIpc) is 3.21. The highest BCUT2D eigenvalue weighted by molar-refractivity contribution is 5.78. The largest absolute Gasteiger partial charge is 0.497 e. The first kappa shape index (κ1) is 21.4. The van der Waals surface area contributed by atoms with Gasteiger partial charge in [0.05, 0.1) is 7.11 Å². The van der Waals surface area contributed by atoms with Crippen molar-refractivity contribution < 1.29 is 18.8 Å². The summed E-state index contributed by atoms with van der Waals surface area (Å²) in [7, 11) is 1.61. The monoisotopic (exact) mass is 409 g/mol. The van der Waals surface area contributed by atoms with E-state index in [-0.39, 0.29) is 25.1 Å². The molecule has 0 N–H and O–H groups in total. The Balaban J connectivity index is 1.67. The van der Waals surface area contributed by atoms with E-state index in [9.17, 15) is 4.79 Å². The molecule has 7 heteroatoms. The van der Waals surface area contributed by atoms with Gasteiger partial charge in [-0.05, 0) is 69.2 Å². The van der Waals surface area contributed by atoms with Crippen LogP contribution in [0, 0.1) is 13.8 Å². The lowest BCUT2D eigenvalue weighted by Crippen LogP contribution is -2.39. The van der Waals surface area contributed by atoms with E-state index in [0.29, 0.717) is 17.5 Å². The number of nitrogens with zero attached hydrogens (tertiary/aromatic N) is 3. The van der Waals surface area contributed by atoms with Crippen molar-refractivity contribution in [1.29, 1.82) is 0 Å². The fourth-order valence-electron chi connectivity index (χ4n) is 2.97. The first-order valence-corrected chi connectivity index (χ1v) is 9.84. The van der Waals surface area contributed by atoms with Gasteiger partial charge in [0.25, 0.3) is 5.91 Å². The second kappa shape index (κ2) is 9.43. The van der Waals surface area contributed by atoms with Gasteiger partial charge in [-0.3, -0.25) is 4.79 Å². The zero-order valence-electron chi connectivity index (χ0n) is 18.0. The molecule has 0 bridgehead atoms. The molecule has 0 saturated heterocycles. The first-order valence-electron chi connectivity index (χ1n) is 9.84. The van der Waals surface area contributed by atoms with Gasteiger partial charge in [0.2, 0.25) is 11.7 Å². The Bertz CT molecular complexity index is 996. The molecule has 7 nitrogen and oxygen atoms in total. The number of hydrogen-bond donors (Lipinski definition) is 0. The zero-order valence-corrected chi connectivity index (χ0v) is 18.0. The van der Waals surface area contributed by atoms with Crippen LogP contribution in [0.5, 0.6) is 11.5 Å². The van der Waals surface area contributed by atoms with Crippen molar-refractivity contribution in [1.82, 2.24) is 15.0 Å². The third-order valence-corrected chi connectivity index (χ3v) is 4.76. The van der Waals surface area contributed by atoms with Gasteiger partial charge in [0.15, 0.2) is 6.61 Å². The molecule has 1 aromatic heterocycles.